The topological polar surface area (TPSA) is 44.1 Å². The number of aryl methyl sites for hydroxylation is 1. The minimum absolute atomic E-state index is 0.00563. The lowest BCUT2D eigenvalue weighted by Crippen LogP contribution is -2.27. The first kappa shape index (κ1) is 11.2. The highest BCUT2D eigenvalue weighted by Crippen LogP contribution is 2.10. The third-order valence-electron chi connectivity index (χ3n) is 2.07. The van der Waals surface area contributed by atoms with Gasteiger partial charge in [0.1, 0.15) is 12.4 Å². The summed E-state index contributed by atoms with van der Waals surface area (Å²) < 4.78 is 13.2. The van der Waals surface area contributed by atoms with E-state index in [9.17, 15) is 9.18 Å². The largest absolute Gasteiger partial charge is 0.328 e. The Morgan fingerprint density at radius 1 is 1.60 bits per heavy atom. The average Bonchev–Trinajstić information content (AvgIpc) is 2.21. The standard InChI is InChI=1S/C11H11FN2O/c1-8-3-4-9(7-10(8)12)11(15)14(2)6-5-13/h3-4,7H,6H2,1-2H3. The van der Waals surface area contributed by atoms with E-state index in [-0.39, 0.29) is 18.0 Å². The van der Waals surface area contributed by atoms with E-state index in [2.05, 4.69) is 0 Å². The van der Waals surface area contributed by atoms with Gasteiger partial charge in [-0.2, -0.15) is 5.26 Å². The van der Waals surface area contributed by atoms with Crippen LogP contribution in [0.5, 0.6) is 0 Å². The summed E-state index contributed by atoms with van der Waals surface area (Å²) in [6.07, 6.45) is 0. The van der Waals surface area contributed by atoms with Gasteiger partial charge in [-0.3, -0.25) is 4.79 Å². The van der Waals surface area contributed by atoms with Gasteiger partial charge in [-0.1, -0.05) is 6.07 Å². The minimum atomic E-state index is -0.411. The van der Waals surface area contributed by atoms with Crippen LogP contribution in [0.15, 0.2) is 18.2 Å². The Morgan fingerprint density at radius 2 is 2.27 bits per heavy atom. The van der Waals surface area contributed by atoms with Crippen molar-refractivity contribution in [3.63, 3.8) is 0 Å². The Kier molecular flexibility index (Phi) is 3.40. The van der Waals surface area contributed by atoms with Crippen LogP contribution >= 0.6 is 0 Å². The summed E-state index contributed by atoms with van der Waals surface area (Å²) in [6, 6.07) is 6.14. The number of hydrogen-bond donors (Lipinski definition) is 0. The molecule has 1 rings (SSSR count). The third kappa shape index (κ3) is 2.53. The third-order valence-corrected chi connectivity index (χ3v) is 2.07. The van der Waals surface area contributed by atoms with Crippen LogP contribution in [0.25, 0.3) is 0 Å². The Labute approximate surface area is 87.7 Å². The molecule has 0 radical (unpaired) electrons. The highest BCUT2D eigenvalue weighted by atomic mass is 19.1. The Morgan fingerprint density at radius 3 is 2.80 bits per heavy atom. The van der Waals surface area contributed by atoms with Crippen molar-refractivity contribution in [2.45, 2.75) is 6.92 Å². The summed E-state index contributed by atoms with van der Waals surface area (Å²) in [4.78, 5) is 12.8. The number of carbonyl (C=O) groups excluding carboxylic acids is 1. The van der Waals surface area contributed by atoms with E-state index >= 15 is 0 Å². The van der Waals surface area contributed by atoms with Gasteiger partial charge in [-0.15, -0.1) is 0 Å². The molecule has 0 aromatic heterocycles. The molecule has 1 amide bonds. The van der Waals surface area contributed by atoms with Crippen LogP contribution in [0.4, 0.5) is 4.39 Å². The molecular formula is C11H11FN2O. The number of carbonyl (C=O) groups is 1. The van der Waals surface area contributed by atoms with Crippen LogP contribution in [-0.4, -0.2) is 24.4 Å². The quantitative estimate of drug-likeness (QED) is 0.691. The van der Waals surface area contributed by atoms with Crippen molar-refractivity contribution in [1.82, 2.24) is 4.90 Å². The maximum atomic E-state index is 13.2. The molecule has 0 aliphatic heterocycles. The van der Waals surface area contributed by atoms with Gasteiger partial charge in [0.15, 0.2) is 0 Å². The van der Waals surface area contributed by atoms with E-state index in [4.69, 9.17) is 5.26 Å². The van der Waals surface area contributed by atoms with E-state index in [1.807, 2.05) is 6.07 Å². The molecule has 3 nitrogen and oxygen atoms in total. The van der Waals surface area contributed by atoms with Crippen molar-refractivity contribution in [1.29, 1.82) is 5.26 Å². The molecule has 0 aliphatic carbocycles. The second-order valence-electron chi connectivity index (χ2n) is 3.28. The number of rotatable bonds is 2. The van der Waals surface area contributed by atoms with E-state index in [0.29, 0.717) is 5.56 Å². The Hall–Kier alpha value is -1.89. The minimum Gasteiger partial charge on any atom is -0.328 e. The average molecular weight is 206 g/mol. The van der Waals surface area contributed by atoms with Crippen LogP contribution < -0.4 is 0 Å². The van der Waals surface area contributed by atoms with Crippen molar-refractivity contribution in [2.75, 3.05) is 13.6 Å². The van der Waals surface area contributed by atoms with Gasteiger partial charge in [0.25, 0.3) is 5.91 Å². The van der Waals surface area contributed by atoms with Crippen molar-refractivity contribution in [3.8, 4) is 6.07 Å². The molecule has 0 N–H and O–H groups in total. The number of halogens is 1. The molecular weight excluding hydrogens is 195 g/mol. The number of nitriles is 1. The summed E-state index contributed by atoms with van der Waals surface area (Å²) >= 11 is 0. The normalized spacial score (nSPS) is 9.47. The zero-order valence-corrected chi connectivity index (χ0v) is 8.62. The molecule has 1 aromatic rings. The molecule has 0 aliphatic rings. The monoisotopic (exact) mass is 206 g/mol. The summed E-state index contributed by atoms with van der Waals surface area (Å²) in [5.74, 6) is -0.762. The zero-order valence-electron chi connectivity index (χ0n) is 8.62. The molecule has 0 bridgehead atoms. The molecule has 0 unspecified atom stereocenters. The predicted octanol–water partition coefficient (Wildman–Crippen LogP) is 1.73. The SMILES string of the molecule is Cc1ccc(C(=O)N(C)CC#N)cc1F. The van der Waals surface area contributed by atoms with E-state index in [1.165, 1.54) is 18.0 Å². The molecule has 0 saturated carbocycles. The van der Waals surface area contributed by atoms with Crippen LogP contribution in [0, 0.1) is 24.1 Å². The fourth-order valence-corrected chi connectivity index (χ4v) is 1.12. The number of nitrogens with zero attached hydrogens (tertiary/aromatic N) is 2. The smallest absolute Gasteiger partial charge is 0.254 e. The van der Waals surface area contributed by atoms with Crippen molar-refractivity contribution in [2.24, 2.45) is 0 Å². The van der Waals surface area contributed by atoms with Gasteiger partial charge in [-0.05, 0) is 24.6 Å². The Balaban J connectivity index is 2.93. The van der Waals surface area contributed by atoms with Crippen LogP contribution in [0.2, 0.25) is 0 Å². The number of hydrogen-bond acceptors (Lipinski definition) is 2. The fraction of sp³-hybridized carbons (Fsp3) is 0.273. The summed E-state index contributed by atoms with van der Waals surface area (Å²) in [5.41, 5.74) is 0.755. The number of benzene rings is 1. The van der Waals surface area contributed by atoms with Crippen LogP contribution in [-0.2, 0) is 0 Å². The molecule has 0 atom stereocenters. The van der Waals surface area contributed by atoms with E-state index < -0.39 is 5.82 Å². The molecule has 0 saturated heterocycles. The van der Waals surface area contributed by atoms with Gasteiger partial charge in [0.2, 0.25) is 0 Å². The van der Waals surface area contributed by atoms with Crippen molar-refractivity contribution < 1.29 is 9.18 Å². The highest BCUT2D eigenvalue weighted by Gasteiger charge is 2.12. The van der Waals surface area contributed by atoms with Crippen LogP contribution in [0.1, 0.15) is 15.9 Å². The summed E-state index contributed by atoms with van der Waals surface area (Å²) in [5, 5.41) is 8.41. The molecule has 0 heterocycles. The molecule has 78 valence electrons. The lowest BCUT2D eigenvalue weighted by molar-refractivity contribution is 0.0811. The van der Waals surface area contributed by atoms with Gasteiger partial charge in [-0.25, -0.2) is 4.39 Å². The highest BCUT2D eigenvalue weighted by molar-refractivity contribution is 5.94. The zero-order chi connectivity index (χ0) is 11.4. The first-order chi connectivity index (χ1) is 7.06. The molecule has 15 heavy (non-hydrogen) atoms. The van der Waals surface area contributed by atoms with Crippen molar-refractivity contribution in [3.05, 3.63) is 35.1 Å². The maximum absolute atomic E-state index is 13.2. The second-order valence-corrected chi connectivity index (χ2v) is 3.28. The maximum Gasteiger partial charge on any atom is 0.254 e. The first-order valence-electron chi connectivity index (χ1n) is 4.45. The molecule has 4 heteroatoms. The van der Waals surface area contributed by atoms with E-state index in [1.54, 1.807) is 19.1 Å². The lowest BCUT2D eigenvalue weighted by atomic mass is 10.1. The van der Waals surface area contributed by atoms with E-state index in [0.717, 1.165) is 0 Å². The van der Waals surface area contributed by atoms with Gasteiger partial charge < -0.3 is 4.90 Å². The fourth-order valence-electron chi connectivity index (χ4n) is 1.12. The van der Waals surface area contributed by atoms with Crippen molar-refractivity contribution >= 4 is 5.91 Å². The lowest BCUT2D eigenvalue weighted by Gasteiger charge is -2.13. The van der Waals surface area contributed by atoms with Gasteiger partial charge in [0, 0.05) is 12.6 Å². The van der Waals surface area contributed by atoms with Gasteiger partial charge >= 0.3 is 0 Å². The first-order valence-corrected chi connectivity index (χ1v) is 4.45. The summed E-state index contributed by atoms with van der Waals surface area (Å²) in [7, 11) is 1.50. The Bertz CT molecular complexity index is 423. The second kappa shape index (κ2) is 4.56. The summed E-state index contributed by atoms with van der Waals surface area (Å²) in [6.45, 7) is 1.62. The molecule has 0 spiro atoms. The molecule has 1 aromatic carbocycles. The van der Waals surface area contributed by atoms with Gasteiger partial charge in [0.05, 0.1) is 6.07 Å². The molecule has 0 fully saturated rings. The van der Waals surface area contributed by atoms with Crippen LogP contribution in [0.3, 0.4) is 0 Å². The number of amides is 1. The predicted molar refractivity (Wildman–Crippen MR) is 53.7 cm³/mol.